The standard InChI is InChI=1S/C16H10.C10H10N2S6/c1-3-11-7-9-13-5-2-6-14-10-8-12(4-1)15(11)16(13)14;1-3-11-7(13)5(17-9(11)15)6-8(14)12(4-2)10(16)18-6/h1-10H;3-4H2,1-2H3/b;6-5+. The SMILES string of the molecule is CCN1C(=S)S/C(=C2/SC(=S)N(CC)C2=S)C1=S.c1cc2ccc3cccc4ccc(c1)c2c34. The maximum atomic E-state index is 5.47. The average Bonchev–Trinajstić information content (AvgIpc) is 3.30. The monoisotopic (exact) mass is 552 g/mol. The van der Waals surface area contributed by atoms with Gasteiger partial charge in [0.25, 0.3) is 0 Å². The minimum absolute atomic E-state index is 0.776. The van der Waals surface area contributed by atoms with Gasteiger partial charge in [0.2, 0.25) is 0 Å². The number of nitrogens with zero attached hydrogens (tertiary/aromatic N) is 2. The lowest BCUT2D eigenvalue weighted by Gasteiger charge is -2.14. The van der Waals surface area contributed by atoms with E-state index in [9.17, 15) is 0 Å². The highest BCUT2D eigenvalue weighted by molar-refractivity contribution is 8.30. The van der Waals surface area contributed by atoms with E-state index in [2.05, 4.69) is 60.7 Å². The van der Waals surface area contributed by atoms with Crippen LogP contribution >= 0.6 is 72.4 Å². The van der Waals surface area contributed by atoms with E-state index in [0.717, 1.165) is 41.5 Å². The molecule has 8 heteroatoms. The molecule has 0 spiro atoms. The van der Waals surface area contributed by atoms with Crippen LogP contribution in [0.5, 0.6) is 0 Å². The van der Waals surface area contributed by atoms with Crippen molar-refractivity contribution in [1.29, 1.82) is 0 Å². The molecule has 0 aliphatic carbocycles. The summed E-state index contributed by atoms with van der Waals surface area (Å²) in [6.07, 6.45) is 0. The first kappa shape index (κ1) is 24.0. The summed E-state index contributed by atoms with van der Waals surface area (Å²) in [5.41, 5.74) is 0. The summed E-state index contributed by atoms with van der Waals surface area (Å²) >= 11 is 24.6. The average molecular weight is 553 g/mol. The molecule has 2 aliphatic rings. The Labute approximate surface area is 229 Å². The van der Waals surface area contributed by atoms with Gasteiger partial charge in [-0.15, -0.1) is 0 Å². The van der Waals surface area contributed by atoms with Crippen LogP contribution in [0, 0.1) is 0 Å². The van der Waals surface area contributed by atoms with Crippen molar-refractivity contribution in [2.45, 2.75) is 13.8 Å². The topological polar surface area (TPSA) is 6.48 Å². The van der Waals surface area contributed by atoms with Crippen molar-refractivity contribution in [3.63, 3.8) is 0 Å². The van der Waals surface area contributed by atoms with Crippen LogP contribution in [0.2, 0.25) is 0 Å². The van der Waals surface area contributed by atoms with Gasteiger partial charge in [0, 0.05) is 13.1 Å². The van der Waals surface area contributed by atoms with Crippen molar-refractivity contribution in [3.8, 4) is 0 Å². The highest BCUT2D eigenvalue weighted by Gasteiger charge is 2.36. The van der Waals surface area contributed by atoms with E-state index < -0.39 is 0 Å². The first-order valence-corrected chi connectivity index (χ1v) is 14.1. The number of hydrogen-bond donors (Lipinski definition) is 0. The maximum absolute atomic E-state index is 5.47. The quantitative estimate of drug-likeness (QED) is 0.138. The molecule has 170 valence electrons. The molecular weight excluding hydrogens is 533 g/mol. The Kier molecular flexibility index (Phi) is 6.90. The Balaban J connectivity index is 0.000000142. The second kappa shape index (κ2) is 9.76. The van der Waals surface area contributed by atoms with Crippen molar-refractivity contribution < 1.29 is 0 Å². The fourth-order valence-corrected chi connectivity index (χ4v) is 8.52. The molecule has 0 radical (unpaired) electrons. The Morgan fingerprint density at radius 1 is 0.559 bits per heavy atom. The maximum Gasteiger partial charge on any atom is 0.146 e. The van der Waals surface area contributed by atoms with Crippen molar-refractivity contribution in [2.24, 2.45) is 0 Å². The normalized spacial score (nSPS) is 18.6. The minimum atomic E-state index is 0.776. The molecule has 0 N–H and O–H groups in total. The molecular formula is C26H20N2S6. The van der Waals surface area contributed by atoms with Gasteiger partial charge < -0.3 is 9.80 Å². The summed E-state index contributed by atoms with van der Waals surface area (Å²) in [5.74, 6) is 0. The second-order valence-electron chi connectivity index (χ2n) is 7.78. The molecule has 0 aromatic heterocycles. The van der Waals surface area contributed by atoms with Gasteiger partial charge in [0.1, 0.15) is 18.6 Å². The number of benzene rings is 4. The lowest BCUT2D eigenvalue weighted by atomic mass is 9.95. The number of rotatable bonds is 2. The molecule has 2 heterocycles. The second-order valence-corrected chi connectivity index (χ2v) is 11.8. The number of thioether (sulfide) groups is 2. The fourth-order valence-electron chi connectivity index (χ4n) is 4.29. The van der Waals surface area contributed by atoms with Crippen molar-refractivity contribution in [2.75, 3.05) is 13.1 Å². The van der Waals surface area contributed by atoms with Gasteiger partial charge in [-0.2, -0.15) is 0 Å². The Bertz CT molecular complexity index is 1350. The van der Waals surface area contributed by atoms with Gasteiger partial charge in [-0.25, -0.2) is 0 Å². The predicted molar refractivity (Wildman–Crippen MR) is 168 cm³/mol. The molecule has 6 rings (SSSR count). The molecule has 0 amide bonds. The van der Waals surface area contributed by atoms with Crippen LogP contribution in [0.25, 0.3) is 32.3 Å². The Morgan fingerprint density at radius 3 is 1.15 bits per heavy atom. The third-order valence-corrected chi connectivity index (χ3v) is 10.1. The van der Waals surface area contributed by atoms with E-state index in [0.29, 0.717) is 0 Å². The molecule has 0 bridgehead atoms. The summed E-state index contributed by atoms with van der Waals surface area (Å²) in [6.45, 7) is 5.66. The van der Waals surface area contributed by atoms with Crippen LogP contribution in [0.4, 0.5) is 0 Å². The van der Waals surface area contributed by atoms with E-state index in [4.69, 9.17) is 48.9 Å². The van der Waals surface area contributed by atoms with Crippen LogP contribution in [0.3, 0.4) is 0 Å². The van der Waals surface area contributed by atoms with Crippen LogP contribution in [-0.2, 0) is 0 Å². The van der Waals surface area contributed by atoms with Gasteiger partial charge in [-0.1, -0.05) is 133 Å². The zero-order valence-corrected chi connectivity index (χ0v) is 23.4. The summed E-state index contributed by atoms with van der Waals surface area (Å²) in [4.78, 5) is 7.45. The first-order chi connectivity index (χ1) is 16.4. The van der Waals surface area contributed by atoms with E-state index >= 15 is 0 Å². The molecule has 2 saturated heterocycles. The highest BCUT2D eigenvalue weighted by Crippen LogP contribution is 2.43. The minimum Gasteiger partial charge on any atom is -0.317 e. The number of likely N-dealkylation sites (N-methyl/N-ethyl adjacent to an activating group) is 2. The van der Waals surface area contributed by atoms with Crippen molar-refractivity contribution in [1.82, 2.24) is 9.80 Å². The van der Waals surface area contributed by atoms with E-state index in [1.54, 1.807) is 0 Å². The summed E-state index contributed by atoms with van der Waals surface area (Å²) in [5, 5.41) is 8.14. The van der Waals surface area contributed by atoms with E-state index in [-0.39, 0.29) is 0 Å². The lowest BCUT2D eigenvalue weighted by molar-refractivity contribution is 0.682. The Hall–Kier alpha value is -1.68. The summed E-state index contributed by atoms with van der Waals surface area (Å²) in [7, 11) is 0. The van der Waals surface area contributed by atoms with Crippen molar-refractivity contribution in [3.05, 3.63) is 70.5 Å². The highest BCUT2D eigenvalue weighted by atomic mass is 32.2. The van der Waals surface area contributed by atoms with Crippen LogP contribution in [-0.4, -0.2) is 41.5 Å². The molecule has 34 heavy (non-hydrogen) atoms. The van der Waals surface area contributed by atoms with Crippen LogP contribution in [0.15, 0.2) is 70.5 Å². The third kappa shape index (κ3) is 4.04. The number of thiocarbonyl (C=S) groups is 4. The van der Waals surface area contributed by atoms with E-state index in [1.165, 1.54) is 55.8 Å². The number of hydrogen-bond acceptors (Lipinski definition) is 6. The van der Waals surface area contributed by atoms with Gasteiger partial charge in [-0.3, -0.25) is 0 Å². The summed E-state index contributed by atoms with van der Waals surface area (Å²) < 4.78 is 1.60. The molecule has 2 aliphatic heterocycles. The largest absolute Gasteiger partial charge is 0.317 e. The fraction of sp³-hybridized carbons (Fsp3) is 0.154. The molecule has 4 aromatic rings. The smallest absolute Gasteiger partial charge is 0.146 e. The molecule has 4 aromatic carbocycles. The molecule has 0 saturated carbocycles. The zero-order chi connectivity index (χ0) is 24.0. The predicted octanol–water partition coefficient (Wildman–Crippen LogP) is 8.14. The van der Waals surface area contributed by atoms with Gasteiger partial charge >= 0.3 is 0 Å². The molecule has 2 nitrogen and oxygen atoms in total. The van der Waals surface area contributed by atoms with E-state index in [1.807, 2.05) is 23.6 Å². The third-order valence-electron chi connectivity index (χ3n) is 5.93. The molecule has 0 atom stereocenters. The Morgan fingerprint density at radius 2 is 0.882 bits per heavy atom. The van der Waals surface area contributed by atoms with Crippen LogP contribution in [0.1, 0.15) is 13.8 Å². The van der Waals surface area contributed by atoms with Gasteiger partial charge in [0.15, 0.2) is 0 Å². The van der Waals surface area contributed by atoms with Gasteiger partial charge in [-0.05, 0) is 46.2 Å². The lowest BCUT2D eigenvalue weighted by Crippen LogP contribution is -2.27. The van der Waals surface area contributed by atoms with Crippen LogP contribution < -0.4 is 0 Å². The first-order valence-electron chi connectivity index (χ1n) is 10.9. The molecule has 2 fully saturated rings. The van der Waals surface area contributed by atoms with Crippen molar-refractivity contribution >= 4 is 123 Å². The summed E-state index contributed by atoms with van der Waals surface area (Å²) in [6, 6.07) is 21.9. The zero-order valence-electron chi connectivity index (χ0n) is 18.5. The molecule has 0 unspecified atom stereocenters. The van der Waals surface area contributed by atoms with Gasteiger partial charge in [0.05, 0.1) is 9.81 Å².